The molecule has 0 amide bonds. The first-order chi connectivity index (χ1) is 13.0. The maximum atomic E-state index is 12.9. The molecule has 0 radical (unpaired) electrons. The molecule has 0 aliphatic carbocycles. The number of methoxy groups -OCH3 is 1. The molecule has 1 N–H and O–H groups in total. The highest BCUT2D eigenvalue weighted by atomic mass is 32.2. The number of hydrogen-bond acceptors (Lipinski definition) is 7. The van der Waals surface area contributed by atoms with Crippen LogP contribution in [0.5, 0.6) is 5.75 Å². The number of Topliss-reactive ketones (excluding diaryl/α,β-unsaturated/α-hetero) is 1. The minimum atomic E-state index is -0.261. The number of hydrogen-bond donors (Lipinski definition) is 1. The first-order valence-corrected chi connectivity index (χ1v) is 9.98. The molecule has 0 fully saturated rings. The van der Waals surface area contributed by atoms with Crippen LogP contribution in [0.4, 0.5) is 9.52 Å². The van der Waals surface area contributed by atoms with Crippen molar-refractivity contribution in [2.24, 2.45) is 0 Å². The first-order valence-electron chi connectivity index (χ1n) is 8.17. The number of aryl methyl sites for hydroxylation is 1. The molecular weight excluding hydrogens is 385 g/mol. The molecule has 3 aromatic rings. The quantitative estimate of drug-likeness (QED) is 0.439. The number of anilines is 1. The Labute approximate surface area is 165 Å². The van der Waals surface area contributed by atoms with E-state index in [9.17, 15) is 9.18 Å². The van der Waals surface area contributed by atoms with Crippen LogP contribution >= 0.6 is 23.1 Å². The van der Waals surface area contributed by atoms with Gasteiger partial charge in [-0.25, -0.2) is 4.39 Å². The predicted octanol–water partition coefficient (Wildman–Crippen LogP) is 4.58. The van der Waals surface area contributed by atoms with Crippen LogP contribution in [-0.2, 0) is 6.54 Å². The van der Waals surface area contributed by atoms with Crippen molar-refractivity contribution in [1.82, 2.24) is 10.2 Å². The first kappa shape index (κ1) is 19.3. The summed E-state index contributed by atoms with van der Waals surface area (Å²) in [6, 6.07) is 11.8. The fourth-order valence-electron chi connectivity index (χ4n) is 2.36. The molecule has 0 unspecified atom stereocenters. The second-order valence-corrected chi connectivity index (χ2v) is 7.97. The van der Waals surface area contributed by atoms with E-state index in [1.807, 2.05) is 19.1 Å². The summed E-state index contributed by atoms with van der Waals surface area (Å²) in [6.45, 7) is 2.46. The van der Waals surface area contributed by atoms with Gasteiger partial charge in [-0.15, -0.1) is 10.2 Å². The summed E-state index contributed by atoms with van der Waals surface area (Å²) >= 11 is 2.72. The van der Waals surface area contributed by atoms with Crippen LogP contribution < -0.4 is 10.1 Å². The van der Waals surface area contributed by atoms with Crippen molar-refractivity contribution >= 4 is 34.0 Å². The third kappa shape index (κ3) is 5.27. The van der Waals surface area contributed by atoms with Crippen LogP contribution in [0, 0.1) is 12.7 Å². The predicted molar refractivity (Wildman–Crippen MR) is 106 cm³/mol. The number of benzene rings is 2. The zero-order valence-electron chi connectivity index (χ0n) is 14.9. The number of thioether (sulfide) groups is 1. The molecule has 0 saturated carbocycles. The second kappa shape index (κ2) is 8.96. The van der Waals surface area contributed by atoms with Gasteiger partial charge in [-0.3, -0.25) is 4.79 Å². The fraction of sp³-hybridized carbons (Fsp3) is 0.211. The smallest absolute Gasteiger partial charge is 0.206 e. The Morgan fingerprint density at radius 3 is 2.74 bits per heavy atom. The van der Waals surface area contributed by atoms with Crippen LogP contribution in [0.2, 0.25) is 0 Å². The van der Waals surface area contributed by atoms with Crippen LogP contribution in [0.25, 0.3) is 0 Å². The Bertz CT molecular complexity index is 929. The van der Waals surface area contributed by atoms with Crippen LogP contribution in [0.15, 0.2) is 46.8 Å². The molecule has 8 heteroatoms. The molecule has 0 spiro atoms. The lowest BCUT2D eigenvalue weighted by Crippen LogP contribution is -2.05. The number of nitrogens with one attached hydrogen (secondary N) is 1. The van der Waals surface area contributed by atoms with Crippen molar-refractivity contribution in [1.29, 1.82) is 0 Å². The van der Waals surface area contributed by atoms with Gasteiger partial charge in [-0.05, 0) is 36.8 Å². The molecular formula is C19H18FN3O2S2. The molecule has 0 bridgehead atoms. The lowest BCUT2D eigenvalue weighted by molar-refractivity contribution is 0.101. The number of nitrogens with zero attached hydrogens (tertiary/aromatic N) is 2. The SMILES string of the molecule is COc1ccc(C)cc1C(=O)CSc1nnc(NCc2ccc(F)cc2)s1. The van der Waals surface area contributed by atoms with E-state index in [1.165, 1.54) is 35.2 Å². The monoisotopic (exact) mass is 403 g/mol. The highest BCUT2D eigenvalue weighted by Crippen LogP contribution is 2.28. The van der Waals surface area contributed by atoms with Crippen LogP contribution in [0.1, 0.15) is 21.5 Å². The Morgan fingerprint density at radius 2 is 2.00 bits per heavy atom. The number of carbonyl (C=O) groups is 1. The molecule has 27 heavy (non-hydrogen) atoms. The Kier molecular flexibility index (Phi) is 6.41. The highest BCUT2D eigenvalue weighted by Gasteiger charge is 2.14. The fourth-order valence-corrected chi connectivity index (χ4v) is 4.00. The number of halogens is 1. The van der Waals surface area contributed by atoms with Gasteiger partial charge in [-0.2, -0.15) is 0 Å². The van der Waals surface area contributed by atoms with Gasteiger partial charge in [0.15, 0.2) is 10.1 Å². The summed E-state index contributed by atoms with van der Waals surface area (Å²) in [4.78, 5) is 12.5. The molecule has 0 aliphatic rings. The van der Waals surface area contributed by atoms with E-state index < -0.39 is 0 Å². The lowest BCUT2D eigenvalue weighted by atomic mass is 10.1. The summed E-state index contributed by atoms with van der Waals surface area (Å²) in [7, 11) is 1.55. The summed E-state index contributed by atoms with van der Waals surface area (Å²) < 4.78 is 18.9. The Morgan fingerprint density at radius 1 is 1.22 bits per heavy atom. The van der Waals surface area contributed by atoms with Gasteiger partial charge in [0.1, 0.15) is 11.6 Å². The molecule has 1 heterocycles. The van der Waals surface area contributed by atoms with Gasteiger partial charge in [0.2, 0.25) is 5.13 Å². The Balaban J connectivity index is 1.55. The van der Waals surface area contributed by atoms with Gasteiger partial charge < -0.3 is 10.1 Å². The summed E-state index contributed by atoms with van der Waals surface area (Å²) in [6.07, 6.45) is 0. The van der Waals surface area contributed by atoms with E-state index >= 15 is 0 Å². The number of ether oxygens (including phenoxy) is 1. The molecule has 0 atom stereocenters. The van der Waals surface area contributed by atoms with E-state index in [4.69, 9.17) is 4.74 Å². The second-order valence-electron chi connectivity index (χ2n) is 5.77. The molecule has 3 rings (SSSR count). The number of ketones is 1. The van der Waals surface area contributed by atoms with Gasteiger partial charge in [0.25, 0.3) is 0 Å². The molecule has 0 aliphatic heterocycles. The average Bonchev–Trinajstić information content (AvgIpc) is 3.13. The van der Waals surface area contributed by atoms with E-state index in [-0.39, 0.29) is 17.4 Å². The number of rotatable bonds is 8. The van der Waals surface area contributed by atoms with E-state index in [1.54, 1.807) is 25.3 Å². The average molecular weight is 404 g/mol. The van der Waals surface area contributed by atoms with Crippen molar-refractivity contribution < 1.29 is 13.9 Å². The van der Waals surface area contributed by atoms with Crippen LogP contribution in [0.3, 0.4) is 0 Å². The van der Waals surface area contributed by atoms with E-state index in [2.05, 4.69) is 15.5 Å². The molecule has 140 valence electrons. The zero-order valence-corrected chi connectivity index (χ0v) is 16.5. The number of aromatic nitrogens is 2. The third-order valence-electron chi connectivity index (χ3n) is 3.75. The van der Waals surface area contributed by atoms with E-state index in [0.29, 0.717) is 27.3 Å². The molecule has 5 nitrogen and oxygen atoms in total. The summed E-state index contributed by atoms with van der Waals surface area (Å²) in [5.41, 5.74) is 2.53. The third-order valence-corrected chi connectivity index (χ3v) is 5.76. The minimum Gasteiger partial charge on any atom is -0.496 e. The maximum absolute atomic E-state index is 12.9. The highest BCUT2D eigenvalue weighted by molar-refractivity contribution is 8.01. The van der Waals surface area contributed by atoms with Crippen molar-refractivity contribution in [2.45, 2.75) is 17.8 Å². The van der Waals surface area contributed by atoms with Crippen molar-refractivity contribution in [2.75, 3.05) is 18.2 Å². The number of carbonyl (C=O) groups excluding carboxylic acids is 1. The van der Waals surface area contributed by atoms with Crippen molar-refractivity contribution in [3.05, 3.63) is 65.0 Å². The summed E-state index contributed by atoms with van der Waals surface area (Å²) in [5, 5.41) is 12.0. The van der Waals surface area contributed by atoms with Crippen molar-refractivity contribution in [3.63, 3.8) is 0 Å². The standard InChI is InChI=1S/C19H18FN3O2S2/c1-12-3-8-17(25-2)15(9-12)16(24)11-26-19-23-22-18(27-19)21-10-13-4-6-14(20)7-5-13/h3-9H,10-11H2,1-2H3,(H,21,22). The maximum Gasteiger partial charge on any atom is 0.206 e. The van der Waals surface area contributed by atoms with Gasteiger partial charge in [-0.1, -0.05) is 46.9 Å². The zero-order chi connectivity index (χ0) is 19.2. The van der Waals surface area contributed by atoms with Crippen LogP contribution in [-0.4, -0.2) is 28.8 Å². The van der Waals surface area contributed by atoms with Gasteiger partial charge in [0, 0.05) is 6.54 Å². The molecule has 1 aromatic heterocycles. The normalized spacial score (nSPS) is 10.6. The Hall–Kier alpha value is -2.45. The van der Waals surface area contributed by atoms with Gasteiger partial charge >= 0.3 is 0 Å². The van der Waals surface area contributed by atoms with Crippen molar-refractivity contribution in [3.8, 4) is 5.75 Å². The largest absolute Gasteiger partial charge is 0.496 e. The minimum absolute atomic E-state index is 0.0171. The summed E-state index contributed by atoms with van der Waals surface area (Å²) in [5.74, 6) is 0.553. The molecule has 2 aromatic carbocycles. The topological polar surface area (TPSA) is 64.1 Å². The lowest BCUT2D eigenvalue weighted by Gasteiger charge is -2.07. The van der Waals surface area contributed by atoms with E-state index in [0.717, 1.165) is 11.1 Å². The van der Waals surface area contributed by atoms with Gasteiger partial charge in [0.05, 0.1) is 18.4 Å². The molecule has 0 saturated heterocycles.